The fourth-order valence-corrected chi connectivity index (χ4v) is 6.92. The smallest absolute Gasteiger partial charge is 0.0622 e. The highest BCUT2D eigenvalue weighted by Crippen LogP contribution is 2.44. The molecule has 0 heteroatoms. The maximum atomic E-state index is 9.79. The van der Waals surface area contributed by atoms with Gasteiger partial charge < -0.3 is 0 Å². The summed E-state index contributed by atoms with van der Waals surface area (Å²) in [6.07, 6.45) is 0. The second kappa shape index (κ2) is 9.93. The van der Waals surface area contributed by atoms with E-state index < -0.39 is 0 Å². The lowest BCUT2D eigenvalue weighted by molar-refractivity contribution is 1.63. The predicted octanol–water partition coefficient (Wildman–Crippen LogP) is 12.5. The molecule has 0 saturated heterocycles. The lowest BCUT2D eigenvalue weighted by atomic mass is 9.85. The second-order valence-corrected chi connectivity index (χ2v) is 11.3. The molecule has 0 fully saturated rings. The molecule has 0 saturated carbocycles. The molecule has 0 N–H and O–H groups in total. The summed E-state index contributed by atoms with van der Waals surface area (Å²) in [5.74, 6) is 0. The monoisotopic (exact) mass is 560 g/mol. The molecule has 0 unspecified atom stereocenters. The van der Waals surface area contributed by atoms with E-state index in [1.54, 1.807) is 0 Å². The molecule has 0 radical (unpaired) electrons. The zero-order valence-corrected chi connectivity index (χ0v) is 23.9. The van der Waals surface area contributed by atoms with Crippen molar-refractivity contribution in [3.05, 3.63) is 170 Å². The first-order valence-electron chi connectivity index (χ1n) is 17.0. The Morgan fingerprint density at radius 1 is 0.341 bits per heavy atom. The van der Waals surface area contributed by atoms with E-state index in [1.165, 1.54) is 5.39 Å². The van der Waals surface area contributed by atoms with Gasteiger partial charge >= 0.3 is 0 Å². The summed E-state index contributed by atoms with van der Waals surface area (Å²) in [5, 5.41) is 10.4. The third kappa shape index (κ3) is 3.85. The van der Waals surface area contributed by atoms with Crippen LogP contribution >= 0.6 is 0 Å². The van der Waals surface area contributed by atoms with Crippen molar-refractivity contribution in [2.24, 2.45) is 0 Å². The average Bonchev–Trinajstić information content (AvgIpc) is 3.13. The molecule has 9 aromatic rings. The Hall–Kier alpha value is -5.72. The van der Waals surface area contributed by atoms with Crippen LogP contribution in [0.3, 0.4) is 0 Å². The summed E-state index contributed by atoms with van der Waals surface area (Å²) < 4.78 is 37.3. The lowest BCUT2D eigenvalue weighted by Crippen LogP contribution is -1.91. The van der Waals surface area contributed by atoms with Crippen LogP contribution in [0.1, 0.15) is 5.48 Å². The summed E-state index contributed by atoms with van der Waals surface area (Å²) in [6.45, 7) is 0. The Morgan fingerprint density at radius 2 is 0.909 bits per heavy atom. The Labute approximate surface area is 262 Å². The third-order valence-electron chi connectivity index (χ3n) is 8.88. The molecule has 204 valence electrons. The molecule has 0 heterocycles. The van der Waals surface area contributed by atoms with E-state index >= 15 is 0 Å². The minimum Gasteiger partial charge on any atom is -0.0622 e. The van der Waals surface area contributed by atoms with E-state index in [4.69, 9.17) is 2.74 Å². The third-order valence-corrected chi connectivity index (χ3v) is 8.88. The van der Waals surface area contributed by atoms with Crippen LogP contribution in [-0.4, -0.2) is 0 Å². The van der Waals surface area contributed by atoms with Crippen LogP contribution in [-0.2, 0) is 0 Å². The minimum absolute atomic E-state index is 0.0925. The molecule has 0 aliphatic carbocycles. The molecule has 0 amide bonds. The highest BCUT2D eigenvalue weighted by atomic mass is 14.2. The second-order valence-electron chi connectivity index (χ2n) is 11.3. The highest BCUT2D eigenvalue weighted by molar-refractivity contribution is 6.22. The van der Waals surface area contributed by atoms with Gasteiger partial charge in [-0.3, -0.25) is 0 Å². The minimum atomic E-state index is -0.180. The summed E-state index contributed by atoms with van der Waals surface area (Å²) in [7, 11) is 0. The van der Waals surface area contributed by atoms with E-state index in [-0.39, 0.29) is 24.2 Å². The molecule has 9 rings (SSSR count). The molecule has 0 atom stereocenters. The topological polar surface area (TPSA) is 0 Å². The standard InChI is InChI=1S/C44H28/c1-2-12-29(13-3-1)43-38-18-6-8-20-40(38)44(41-21-9-7-19-39(41)43)34-17-10-16-32(27-34)35-22-11-23-36-37(35)25-24-33-26-30-14-4-5-15-31(30)28-42(33)36/h1-28H/i10D,16D,17D,27D. The van der Waals surface area contributed by atoms with Gasteiger partial charge in [0.15, 0.2) is 0 Å². The molecule has 44 heavy (non-hydrogen) atoms. The highest BCUT2D eigenvalue weighted by Gasteiger charge is 2.17. The first-order chi connectivity index (χ1) is 23.5. The number of hydrogen-bond donors (Lipinski definition) is 0. The van der Waals surface area contributed by atoms with E-state index in [1.807, 2.05) is 66.7 Å². The van der Waals surface area contributed by atoms with Gasteiger partial charge in [0.05, 0.1) is 5.48 Å². The van der Waals surface area contributed by atoms with Crippen molar-refractivity contribution in [1.82, 2.24) is 0 Å². The van der Waals surface area contributed by atoms with Crippen molar-refractivity contribution in [2.45, 2.75) is 0 Å². The molecule has 0 nitrogen and oxygen atoms in total. The zero-order valence-electron chi connectivity index (χ0n) is 27.9. The van der Waals surface area contributed by atoms with Crippen LogP contribution in [0, 0.1) is 0 Å². The molecule has 0 aliphatic heterocycles. The maximum absolute atomic E-state index is 9.79. The molecule has 9 aromatic carbocycles. The first-order valence-corrected chi connectivity index (χ1v) is 15.0. The van der Waals surface area contributed by atoms with Crippen molar-refractivity contribution in [3.8, 4) is 33.4 Å². The Bertz CT molecular complexity index is 2710. The number of hydrogen-bond acceptors (Lipinski definition) is 0. The maximum Gasteiger partial charge on any atom is 0.0636 e. The predicted molar refractivity (Wildman–Crippen MR) is 190 cm³/mol. The van der Waals surface area contributed by atoms with Gasteiger partial charge in [-0.1, -0.05) is 152 Å². The average molecular weight is 561 g/mol. The van der Waals surface area contributed by atoms with Gasteiger partial charge in [0.25, 0.3) is 0 Å². The van der Waals surface area contributed by atoms with Gasteiger partial charge in [-0.2, -0.15) is 0 Å². The molecular weight excluding hydrogens is 528 g/mol. The molecule has 0 bridgehead atoms. The van der Waals surface area contributed by atoms with E-state index in [0.29, 0.717) is 11.1 Å². The number of fused-ring (bicyclic) bond motifs is 6. The van der Waals surface area contributed by atoms with Crippen LogP contribution in [0.25, 0.3) is 87.2 Å². The SMILES string of the molecule is [2H]c1c([2H])c(-c2c3ccccc3c(-c3ccccc3)c3ccccc23)c([2H])c(-c2cccc3c2ccc2cc4ccccc4cc23)c1[2H]. The van der Waals surface area contributed by atoms with E-state index in [2.05, 4.69) is 78.9 Å². The van der Waals surface area contributed by atoms with E-state index in [0.717, 1.165) is 70.7 Å². The van der Waals surface area contributed by atoms with Gasteiger partial charge in [0.1, 0.15) is 0 Å². The van der Waals surface area contributed by atoms with Crippen molar-refractivity contribution in [1.29, 1.82) is 0 Å². The van der Waals surface area contributed by atoms with Crippen molar-refractivity contribution in [3.63, 3.8) is 0 Å². The first kappa shape index (κ1) is 21.0. The van der Waals surface area contributed by atoms with Crippen molar-refractivity contribution < 1.29 is 5.48 Å². The van der Waals surface area contributed by atoms with Crippen molar-refractivity contribution in [2.75, 3.05) is 0 Å². The zero-order chi connectivity index (χ0) is 32.5. The fourth-order valence-electron chi connectivity index (χ4n) is 6.92. The molecule has 0 spiro atoms. The Kier molecular flexibility index (Phi) is 4.75. The summed E-state index contributed by atoms with van der Waals surface area (Å²) in [6, 6.07) is 49.3. The van der Waals surface area contributed by atoms with Gasteiger partial charge in [-0.05, 0) is 105 Å². The van der Waals surface area contributed by atoms with Gasteiger partial charge in [-0.25, -0.2) is 0 Å². The molecular formula is C44H28. The summed E-state index contributed by atoms with van der Waals surface area (Å²) in [5.41, 5.74) is 4.41. The van der Waals surface area contributed by atoms with Gasteiger partial charge in [0.2, 0.25) is 0 Å². The number of rotatable bonds is 3. The van der Waals surface area contributed by atoms with Crippen LogP contribution in [0.2, 0.25) is 0 Å². The molecule has 0 aromatic heterocycles. The molecule has 0 aliphatic rings. The van der Waals surface area contributed by atoms with Crippen LogP contribution < -0.4 is 0 Å². The van der Waals surface area contributed by atoms with Crippen LogP contribution in [0.5, 0.6) is 0 Å². The van der Waals surface area contributed by atoms with E-state index in [9.17, 15) is 2.74 Å². The normalized spacial score (nSPS) is 12.9. The summed E-state index contributed by atoms with van der Waals surface area (Å²) >= 11 is 0. The largest absolute Gasteiger partial charge is 0.0636 e. The quantitative estimate of drug-likeness (QED) is 0.149. The van der Waals surface area contributed by atoms with Crippen molar-refractivity contribution >= 4 is 53.9 Å². The lowest BCUT2D eigenvalue weighted by Gasteiger charge is -2.18. The van der Waals surface area contributed by atoms with Gasteiger partial charge in [-0.15, -0.1) is 0 Å². The van der Waals surface area contributed by atoms with Crippen LogP contribution in [0.4, 0.5) is 0 Å². The van der Waals surface area contributed by atoms with Gasteiger partial charge in [0, 0.05) is 0 Å². The summed E-state index contributed by atoms with van der Waals surface area (Å²) in [4.78, 5) is 0. The fraction of sp³-hybridized carbons (Fsp3) is 0. The van der Waals surface area contributed by atoms with Crippen LogP contribution in [0.15, 0.2) is 170 Å². The number of benzene rings is 9. The Balaban J connectivity index is 1.39. The Morgan fingerprint density at radius 3 is 1.61 bits per heavy atom.